The number of piperazine rings is 1. The van der Waals surface area contributed by atoms with E-state index in [9.17, 15) is 4.79 Å². The standard InChI is InChI=1S/C14H24N4O2/c1-9-6-18(7-10(2)15-9)13(19)8-20-14-11(3)16-17(5)12(14)4/h9-10,15H,6-8H2,1-5H3/t9-,10-/m0/s1. The minimum atomic E-state index is 0.0350. The van der Waals surface area contributed by atoms with Crippen LogP contribution >= 0.6 is 0 Å². The first-order chi connectivity index (χ1) is 9.38. The molecule has 1 saturated heterocycles. The normalized spacial score (nSPS) is 22.9. The predicted octanol–water partition coefficient (Wildman–Crippen LogP) is 0.625. The summed E-state index contributed by atoms with van der Waals surface area (Å²) in [7, 11) is 1.87. The van der Waals surface area contributed by atoms with Gasteiger partial charge in [0.15, 0.2) is 12.4 Å². The number of ether oxygens (including phenoxy) is 1. The zero-order valence-corrected chi connectivity index (χ0v) is 12.9. The van der Waals surface area contributed by atoms with Crippen molar-refractivity contribution in [1.82, 2.24) is 20.0 Å². The van der Waals surface area contributed by atoms with Crippen LogP contribution in [0.4, 0.5) is 0 Å². The van der Waals surface area contributed by atoms with Crippen molar-refractivity contribution >= 4 is 5.91 Å². The number of aryl methyl sites for hydroxylation is 2. The fourth-order valence-corrected chi connectivity index (χ4v) is 2.72. The summed E-state index contributed by atoms with van der Waals surface area (Å²) in [6.07, 6.45) is 0. The third kappa shape index (κ3) is 3.12. The molecule has 2 heterocycles. The van der Waals surface area contributed by atoms with Gasteiger partial charge in [0.2, 0.25) is 0 Å². The molecule has 1 aromatic heterocycles. The van der Waals surface area contributed by atoms with Gasteiger partial charge in [-0.3, -0.25) is 9.48 Å². The molecule has 1 aliphatic heterocycles. The van der Waals surface area contributed by atoms with Crippen LogP contribution < -0.4 is 10.1 Å². The van der Waals surface area contributed by atoms with Crippen molar-refractivity contribution < 1.29 is 9.53 Å². The predicted molar refractivity (Wildman–Crippen MR) is 76.8 cm³/mol. The lowest BCUT2D eigenvalue weighted by Crippen LogP contribution is -2.56. The first kappa shape index (κ1) is 14.8. The number of nitrogens with one attached hydrogen (secondary N) is 1. The Labute approximate surface area is 120 Å². The number of aromatic nitrogens is 2. The highest BCUT2D eigenvalue weighted by atomic mass is 16.5. The number of carbonyl (C=O) groups is 1. The second-order valence-corrected chi connectivity index (χ2v) is 5.68. The van der Waals surface area contributed by atoms with Crippen molar-refractivity contribution in [3.05, 3.63) is 11.4 Å². The van der Waals surface area contributed by atoms with Crippen LogP contribution in [0.1, 0.15) is 25.2 Å². The molecule has 1 aromatic rings. The highest BCUT2D eigenvalue weighted by molar-refractivity contribution is 5.78. The average Bonchev–Trinajstić information content (AvgIpc) is 2.60. The number of hydrogen-bond acceptors (Lipinski definition) is 4. The molecule has 2 rings (SSSR count). The van der Waals surface area contributed by atoms with Crippen molar-refractivity contribution in [3.8, 4) is 5.75 Å². The van der Waals surface area contributed by atoms with Crippen molar-refractivity contribution in [2.45, 2.75) is 39.8 Å². The van der Waals surface area contributed by atoms with Gasteiger partial charge < -0.3 is 15.0 Å². The SMILES string of the molecule is Cc1nn(C)c(C)c1OCC(=O)N1C[C@H](C)N[C@@H](C)C1. The maximum Gasteiger partial charge on any atom is 0.260 e. The van der Waals surface area contributed by atoms with E-state index in [1.54, 1.807) is 4.68 Å². The molecule has 6 nitrogen and oxygen atoms in total. The molecule has 0 radical (unpaired) electrons. The highest BCUT2D eigenvalue weighted by Crippen LogP contribution is 2.21. The molecule has 1 fully saturated rings. The summed E-state index contributed by atoms with van der Waals surface area (Å²) in [6.45, 7) is 9.55. The molecule has 0 aliphatic carbocycles. The first-order valence-corrected chi connectivity index (χ1v) is 7.05. The van der Waals surface area contributed by atoms with Crippen molar-refractivity contribution in [3.63, 3.8) is 0 Å². The van der Waals surface area contributed by atoms with Gasteiger partial charge in [-0.05, 0) is 27.7 Å². The lowest BCUT2D eigenvalue weighted by molar-refractivity contribution is -0.135. The third-order valence-electron chi connectivity index (χ3n) is 3.69. The number of rotatable bonds is 3. The quantitative estimate of drug-likeness (QED) is 0.882. The van der Waals surface area contributed by atoms with Crippen LogP contribution in [0, 0.1) is 13.8 Å². The molecular formula is C14H24N4O2. The molecule has 0 aromatic carbocycles. The van der Waals surface area contributed by atoms with Crippen molar-refractivity contribution in [2.75, 3.05) is 19.7 Å². The van der Waals surface area contributed by atoms with Gasteiger partial charge in [-0.2, -0.15) is 5.10 Å². The molecule has 6 heteroatoms. The number of nitrogens with zero attached hydrogens (tertiary/aromatic N) is 3. The number of carbonyl (C=O) groups excluding carboxylic acids is 1. The second-order valence-electron chi connectivity index (χ2n) is 5.68. The van der Waals surface area contributed by atoms with Crippen LogP contribution in [-0.4, -0.2) is 52.4 Å². The van der Waals surface area contributed by atoms with Gasteiger partial charge in [-0.15, -0.1) is 0 Å². The minimum Gasteiger partial charge on any atom is -0.480 e. The van der Waals surface area contributed by atoms with E-state index in [-0.39, 0.29) is 12.5 Å². The van der Waals surface area contributed by atoms with Gasteiger partial charge in [-0.1, -0.05) is 0 Å². The van der Waals surface area contributed by atoms with E-state index in [2.05, 4.69) is 24.3 Å². The van der Waals surface area contributed by atoms with Gasteiger partial charge in [0.25, 0.3) is 5.91 Å². The highest BCUT2D eigenvalue weighted by Gasteiger charge is 2.25. The third-order valence-corrected chi connectivity index (χ3v) is 3.69. The minimum absolute atomic E-state index is 0.0350. The Hall–Kier alpha value is -1.56. The smallest absolute Gasteiger partial charge is 0.260 e. The lowest BCUT2D eigenvalue weighted by Gasteiger charge is -2.36. The summed E-state index contributed by atoms with van der Waals surface area (Å²) in [6, 6.07) is 0.647. The molecule has 0 unspecified atom stereocenters. The van der Waals surface area contributed by atoms with Crippen LogP contribution in [0.5, 0.6) is 5.75 Å². The van der Waals surface area contributed by atoms with Crippen molar-refractivity contribution in [1.29, 1.82) is 0 Å². The number of hydrogen-bond donors (Lipinski definition) is 1. The lowest BCUT2D eigenvalue weighted by atomic mass is 10.1. The largest absolute Gasteiger partial charge is 0.480 e. The van der Waals surface area contributed by atoms with Gasteiger partial charge >= 0.3 is 0 Å². The molecule has 0 spiro atoms. The zero-order chi connectivity index (χ0) is 14.9. The average molecular weight is 280 g/mol. The summed E-state index contributed by atoms with van der Waals surface area (Å²) in [4.78, 5) is 14.1. The summed E-state index contributed by atoms with van der Waals surface area (Å²) in [5.41, 5.74) is 1.76. The fraction of sp³-hybridized carbons (Fsp3) is 0.714. The van der Waals surface area contributed by atoms with E-state index in [1.165, 1.54) is 0 Å². The Morgan fingerprint density at radius 3 is 2.45 bits per heavy atom. The Bertz CT molecular complexity index is 488. The Morgan fingerprint density at radius 2 is 1.95 bits per heavy atom. The van der Waals surface area contributed by atoms with Gasteiger partial charge in [0.1, 0.15) is 5.69 Å². The number of amides is 1. The summed E-state index contributed by atoms with van der Waals surface area (Å²) < 4.78 is 7.45. The van der Waals surface area contributed by atoms with Gasteiger partial charge in [0, 0.05) is 32.2 Å². The molecule has 1 N–H and O–H groups in total. The molecule has 0 saturated carbocycles. The van der Waals surface area contributed by atoms with Crippen LogP contribution in [0.25, 0.3) is 0 Å². The van der Waals surface area contributed by atoms with Crippen LogP contribution in [0.3, 0.4) is 0 Å². The van der Waals surface area contributed by atoms with E-state index >= 15 is 0 Å². The molecular weight excluding hydrogens is 256 g/mol. The molecule has 1 aliphatic rings. The van der Waals surface area contributed by atoms with E-state index in [0.717, 1.165) is 30.2 Å². The summed E-state index contributed by atoms with van der Waals surface area (Å²) in [5, 5.41) is 7.69. The van der Waals surface area contributed by atoms with E-state index in [1.807, 2.05) is 25.8 Å². The Balaban J connectivity index is 1.95. The van der Waals surface area contributed by atoms with Crippen LogP contribution in [-0.2, 0) is 11.8 Å². The Morgan fingerprint density at radius 1 is 1.35 bits per heavy atom. The summed E-state index contributed by atoms with van der Waals surface area (Å²) >= 11 is 0. The van der Waals surface area contributed by atoms with Crippen molar-refractivity contribution in [2.24, 2.45) is 7.05 Å². The molecule has 1 amide bonds. The van der Waals surface area contributed by atoms with Gasteiger partial charge in [-0.25, -0.2) is 0 Å². The van der Waals surface area contributed by atoms with E-state index in [4.69, 9.17) is 4.74 Å². The first-order valence-electron chi connectivity index (χ1n) is 7.05. The second kappa shape index (κ2) is 5.83. The van der Waals surface area contributed by atoms with E-state index in [0.29, 0.717) is 12.1 Å². The zero-order valence-electron chi connectivity index (χ0n) is 12.9. The molecule has 20 heavy (non-hydrogen) atoms. The van der Waals surface area contributed by atoms with E-state index < -0.39 is 0 Å². The van der Waals surface area contributed by atoms with Gasteiger partial charge in [0.05, 0.1) is 5.69 Å². The molecule has 2 atom stereocenters. The maximum absolute atomic E-state index is 12.2. The monoisotopic (exact) mass is 280 g/mol. The molecule has 112 valence electrons. The van der Waals surface area contributed by atoms with Crippen LogP contribution in [0.2, 0.25) is 0 Å². The van der Waals surface area contributed by atoms with Crippen LogP contribution in [0.15, 0.2) is 0 Å². The Kier molecular flexibility index (Phi) is 4.32. The topological polar surface area (TPSA) is 59.4 Å². The maximum atomic E-state index is 12.2. The molecule has 0 bridgehead atoms. The fourth-order valence-electron chi connectivity index (χ4n) is 2.72. The summed E-state index contributed by atoms with van der Waals surface area (Å²) in [5.74, 6) is 0.755.